The van der Waals surface area contributed by atoms with E-state index < -0.39 is 41.9 Å². The van der Waals surface area contributed by atoms with Gasteiger partial charge in [0.1, 0.15) is 41.7 Å². The molecule has 0 aliphatic carbocycles. The van der Waals surface area contributed by atoms with Crippen molar-refractivity contribution in [2.75, 3.05) is 19.4 Å². The molecule has 1 aromatic carbocycles. The Kier molecular flexibility index (Phi) is 8.53. The second-order valence-electron chi connectivity index (χ2n) is 9.84. The summed E-state index contributed by atoms with van der Waals surface area (Å²) in [6, 6.07) is 5.21. The van der Waals surface area contributed by atoms with Crippen LogP contribution in [0.5, 0.6) is 0 Å². The van der Waals surface area contributed by atoms with Crippen LogP contribution in [0.1, 0.15) is 25.8 Å². The van der Waals surface area contributed by atoms with Gasteiger partial charge in [-0.1, -0.05) is 32.1 Å². The molecule has 4 rings (SSSR count). The number of thioether (sulfide) groups is 1. The Morgan fingerprint density at radius 3 is 2.54 bits per heavy atom. The van der Waals surface area contributed by atoms with Gasteiger partial charge in [0, 0.05) is 12.5 Å². The lowest BCUT2D eigenvalue weighted by atomic mass is 9.88. The molecule has 2 fully saturated rings. The Bertz CT molecular complexity index is 914. The van der Waals surface area contributed by atoms with Crippen molar-refractivity contribution in [2.24, 2.45) is 11.8 Å². The number of aliphatic hydroxyl groups is 3. The molecule has 9 atom stereocenters. The molecule has 1 amide bonds. The van der Waals surface area contributed by atoms with E-state index in [0.29, 0.717) is 19.6 Å². The number of hydrogen-bond donors (Lipinski definition) is 5. The molecule has 1 aromatic rings. The van der Waals surface area contributed by atoms with E-state index in [2.05, 4.69) is 10.6 Å². The normalized spacial score (nSPS) is 36.3. The molecule has 8 nitrogen and oxygen atoms in total. The maximum Gasteiger partial charge on any atom is 0.240 e. The number of benzene rings is 1. The van der Waals surface area contributed by atoms with Gasteiger partial charge in [-0.05, 0) is 41.9 Å². The number of halogens is 1. The molecule has 0 saturated carbocycles. The molecule has 2 saturated heterocycles. The maximum absolute atomic E-state index is 13.4. The van der Waals surface area contributed by atoms with Crippen molar-refractivity contribution in [3.05, 3.63) is 41.7 Å². The number of carbonyl (C=O) groups excluding carboxylic acids is 1. The zero-order valence-electron chi connectivity index (χ0n) is 20.1. The number of aliphatic hydroxyl groups excluding tert-OH is 3. The van der Waals surface area contributed by atoms with Crippen LogP contribution in [0.25, 0.3) is 5.57 Å². The van der Waals surface area contributed by atoms with E-state index >= 15 is 0 Å². The predicted molar refractivity (Wildman–Crippen MR) is 131 cm³/mol. The minimum atomic E-state index is -1.38. The number of ether oxygens (including phenoxy) is 2. The first kappa shape index (κ1) is 26.5. The van der Waals surface area contributed by atoms with E-state index in [1.54, 1.807) is 18.4 Å². The van der Waals surface area contributed by atoms with Gasteiger partial charge in [0.25, 0.3) is 0 Å². The number of nitrogens with one attached hydrogen (secondary N) is 2. The summed E-state index contributed by atoms with van der Waals surface area (Å²) in [6.07, 6.45) is -0.739. The van der Waals surface area contributed by atoms with Gasteiger partial charge in [0.2, 0.25) is 5.91 Å². The van der Waals surface area contributed by atoms with Crippen molar-refractivity contribution >= 4 is 23.2 Å². The first-order valence-electron chi connectivity index (χ1n) is 12.0. The van der Waals surface area contributed by atoms with E-state index in [9.17, 15) is 24.5 Å². The first-order valence-corrected chi connectivity index (χ1v) is 13.3. The van der Waals surface area contributed by atoms with Crippen LogP contribution in [-0.2, 0) is 14.3 Å². The molecule has 0 bridgehead atoms. The zero-order chi connectivity index (χ0) is 25.3. The van der Waals surface area contributed by atoms with Crippen LogP contribution >= 0.6 is 11.8 Å². The van der Waals surface area contributed by atoms with E-state index in [-0.39, 0.29) is 29.7 Å². The summed E-state index contributed by atoms with van der Waals surface area (Å²) >= 11 is 1.24. The average molecular weight is 511 g/mol. The number of carbonyl (C=O) groups is 1. The van der Waals surface area contributed by atoms with Crippen molar-refractivity contribution < 1.29 is 34.0 Å². The maximum atomic E-state index is 13.4. The fourth-order valence-electron chi connectivity index (χ4n) is 5.22. The summed E-state index contributed by atoms with van der Waals surface area (Å²) < 4.78 is 25.3. The Hall–Kier alpha value is -1.53. The van der Waals surface area contributed by atoms with Gasteiger partial charge in [-0.15, -0.1) is 11.8 Å². The van der Waals surface area contributed by atoms with Crippen molar-refractivity contribution in [1.29, 1.82) is 0 Å². The Balaban J connectivity index is 1.44. The number of fused-ring (bicyclic) bond motifs is 1. The summed E-state index contributed by atoms with van der Waals surface area (Å²) in [5.41, 5.74) is 1.29. The zero-order valence-corrected chi connectivity index (χ0v) is 21.0. The van der Waals surface area contributed by atoms with Crippen LogP contribution in [0.3, 0.4) is 0 Å². The standard InChI is InChI=1S/C25H35FN2O6S/c1-12(2)17(23-20(30)19(29)21(31)25(34-23)35-3)28-24(32)18-22-15(11-27-18)10-14(8-9-33-22)13-4-6-16(26)7-5-13/h4-8,12,15,17-23,25,27,29-31H,9-11H2,1-3H3,(H,28,32)/t15-,17+,18-,19?,20?,21+,22+,23+,25?/m0/s1. The molecule has 194 valence electrons. The minimum absolute atomic E-state index is 0.0661. The molecule has 0 spiro atoms. The van der Waals surface area contributed by atoms with Gasteiger partial charge in [-0.3, -0.25) is 4.79 Å². The van der Waals surface area contributed by atoms with Gasteiger partial charge < -0.3 is 35.4 Å². The highest BCUT2D eigenvalue weighted by Gasteiger charge is 2.49. The van der Waals surface area contributed by atoms with Crippen LogP contribution in [-0.4, -0.2) is 88.7 Å². The van der Waals surface area contributed by atoms with Crippen LogP contribution < -0.4 is 10.6 Å². The Morgan fingerprint density at radius 1 is 1.17 bits per heavy atom. The molecule has 0 aromatic heterocycles. The van der Waals surface area contributed by atoms with Crippen LogP contribution in [0, 0.1) is 17.7 Å². The third-order valence-electron chi connectivity index (χ3n) is 7.21. The third kappa shape index (κ3) is 5.58. The molecular weight excluding hydrogens is 475 g/mol. The van der Waals surface area contributed by atoms with Crippen molar-refractivity contribution in [1.82, 2.24) is 10.6 Å². The molecule has 5 N–H and O–H groups in total. The lowest BCUT2D eigenvalue weighted by Gasteiger charge is -2.44. The van der Waals surface area contributed by atoms with E-state index in [1.165, 1.54) is 23.9 Å². The minimum Gasteiger partial charge on any atom is -0.388 e. The fraction of sp³-hybridized carbons (Fsp3) is 0.640. The summed E-state index contributed by atoms with van der Waals surface area (Å²) in [5, 5.41) is 37.5. The monoisotopic (exact) mass is 510 g/mol. The SMILES string of the molecule is CSC1O[C@H]([C@H](NC(=O)[C@H]2NC[C@@H]3CC(c4ccc(F)cc4)=CCO[C@H]32)C(C)C)C(O)C(O)[C@H]1O. The summed E-state index contributed by atoms with van der Waals surface area (Å²) in [6.45, 7) is 4.74. The molecule has 0 radical (unpaired) electrons. The number of hydrogen-bond acceptors (Lipinski definition) is 8. The predicted octanol–water partition coefficient (Wildman–Crippen LogP) is 0.897. The Morgan fingerprint density at radius 2 is 1.89 bits per heavy atom. The fourth-order valence-corrected chi connectivity index (χ4v) is 5.90. The highest BCUT2D eigenvalue weighted by atomic mass is 32.2. The lowest BCUT2D eigenvalue weighted by molar-refractivity contribution is -0.208. The lowest BCUT2D eigenvalue weighted by Crippen LogP contribution is -2.65. The van der Waals surface area contributed by atoms with Gasteiger partial charge in [-0.2, -0.15) is 0 Å². The van der Waals surface area contributed by atoms with Gasteiger partial charge in [0.15, 0.2) is 0 Å². The van der Waals surface area contributed by atoms with E-state index in [0.717, 1.165) is 11.1 Å². The second kappa shape index (κ2) is 11.2. The van der Waals surface area contributed by atoms with E-state index in [1.807, 2.05) is 19.9 Å². The smallest absolute Gasteiger partial charge is 0.240 e. The quantitative estimate of drug-likeness (QED) is 0.383. The number of amides is 1. The van der Waals surface area contributed by atoms with Crippen molar-refractivity contribution in [2.45, 2.75) is 68.3 Å². The molecular formula is C25H35FN2O6S. The highest BCUT2D eigenvalue weighted by Crippen LogP contribution is 2.34. The molecule has 3 heterocycles. The number of rotatable bonds is 6. The molecule has 3 unspecified atom stereocenters. The molecule has 10 heteroatoms. The largest absolute Gasteiger partial charge is 0.388 e. The summed E-state index contributed by atoms with van der Waals surface area (Å²) in [5.74, 6) is -0.591. The third-order valence-corrected chi connectivity index (χ3v) is 8.07. The molecule has 3 aliphatic heterocycles. The summed E-state index contributed by atoms with van der Waals surface area (Å²) in [7, 11) is 0. The van der Waals surface area contributed by atoms with E-state index in [4.69, 9.17) is 9.47 Å². The Labute approximate surface area is 209 Å². The van der Waals surface area contributed by atoms with Crippen LogP contribution in [0.4, 0.5) is 4.39 Å². The first-order chi connectivity index (χ1) is 16.7. The molecule has 3 aliphatic rings. The number of allylic oxidation sites excluding steroid dienone is 1. The molecule has 35 heavy (non-hydrogen) atoms. The average Bonchev–Trinajstić information content (AvgIpc) is 3.12. The van der Waals surface area contributed by atoms with Gasteiger partial charge >= 0.3 is 0 Å². The van der Waals surface area contributed by atoms with Crippen LogP contribution in [0.2, 0.25) is 0 Å². The van der Waals surface area contributed by atoms with Crippen molar-refractivity contribution in [3.8, 4) is 0 Å². The summed E-state index contributed by atoms with van der Waals surface area (Å²) in [4.78, 5) is 13.4. The topological polar surface area (TPSA) is 120 Å². The highest BCUT2D eigenvalue weighted by molar-refractivity contribution is 7.99. The van der Waals surface area contributed by atoms with Crippen molar-refractivity contribution in [3.63, 3.8) is 0 Å². The van der Waals surface area contributed by atoms with Crippen LogP contribution in [0.15, 0.2) is 30.3 Å². The van der Waals surface area contributed by atoms with Gasteiger partial charge in [-0.25, -0.2) is 4.39 Å². The second-order valence-corrected chi connectivity index (χ2v) is 10.8. The van der Waals surface area contributed by atoms with Gasteiger partial charge in [0.05, 0.1) is 18.8 Å².